The van der Waals surface area contributed by atoms with Crippen LogP contribution < -0.4 is 4.90 Å². The van der Waals surface area contributed by atoms with Gasteiger partial charge in [0.1, 0.15) is 16.2 Å². The Balaban J connectivity index is 1.63. The fourth-order valence-corrected chi connectivity index (χ4v) is 5.77. The van der Waals surface area contributed by atoms with Crippen LogP contribution in [0.3, 0.4) is 0 Å². The molecule has 4 heterocycles. The average molecular weight is 518 g/mol. The van der Waals surface area contributed by atoms with Crippen LogP contribution >= 0.6 is 15.9 Å². The minimum absolute atomic E-state index is 0.193. The smallest absolute Gasteiger partial charge is 0.302 e. The molecular weight excluding hydrogens is 498 g/mol. The second kappa shape index (κ2) is 7.59. The third kappa shape index (κ3) is 3.36. The number of rotatable bonds is 4. The summed E-state index contributed by atoms with van der Waals surface area (Å²) in [6, 6.07) is 8.43. The minimum atomic E-state index is -3.82. The van der Waals surface area contributed by atoms with Crippen LogP contribution in [0.25, 0.3) is 16.7 Å². The van der Waals surface area contributed by atoms with Crippen LogP contribution in [0, 0.1) is 6.92 Å². The Morgan fingerprint density at radius 3 is 2.66 bits per heavy atom. The first-order valence-electron chi connectivity index (χ1n) is 10.0. The highest BCUT2D eigenvalue weighted by atomic mass is 79.9. The van der Waals surface area contributed by atoms with Gasteiger partial charge in [-0.05, 0) is 41.1 Å². The lowest BCUT2D eigenvalue weighted by Gasteiger charge is -2.17. The molecule has 0 bridgehead atoms. The lowest BCUT2D eigenvalue weighted by Crippen LogP contribution is -2.25. The van der Waals surface area contributed by atoms with Gasteiger partial charge in [0.2, 0.25) is 5.95 Å². The van der Waals surface area contributed by atoms with Crippen LogP contribution in [-0.4, -0.2) is 51.9 Å². The molecule has 1 saturated heterocycles. The number of esters is 1. The molecule has 3 aromatic heterocycles. The molecule has 0 radical (unpaired) electrons. The zero-order valence-electron chi connectivity index (χ0n) is 17.4. The molecule has 9 nitrogen and oxygen atoms in total. The third-order valence-electron chi connectivity index (χ3n) is 5.54. The number of benzene rings is 1. The van der Waals surface area contributed by atoms with Crippen molar-refractivity contribution in [3.05, 3.63) is 52.9 Å². The molecule has 5 rings (SSSR count). The van der Waals surface area contributed by atoms with Crippen molar-refractivity contribution in [2.24, 2.45) is 0 Å². The topological polar surface area (TPSA) is 98.8 Å². The van der Waals surface area contributed by atoms with Crippen LogP contribution in [0.4, 0.5) is 5.95 Å². The van der Waals surface area contributed by atoms with E-state index in [0.717, 1.165) is 5.56 Å². The second-order valence-corrected chi connectivity index (χ2v) is 10.4. The molecule has 1 fully saturated rings. The molecule has 0 aliphatic carbocycles. The average Bonchev–Trinajstić information content (AvgIpc) is 3.45. The zero-order chi connectivity index (χ0) is 22.6. The number of aryl methyl sites for hydroxylation is 1. The van der Waals surface area contributed by atoms with Gasteiger partial charge >= 0.3 is 5.97 Å². The van der Waals surface area contributed by atoms with Gasteiger partial charge in [0, 0.05) is 26.1 Å². The van der Waals surface area contributed by atoms with E-state index in [9.17, 15) is 13.2 Å². The number of imidazole rings is 1. The third-order valence-corrected chi connectivity index (χ3v) is 7.81. The summed E-state index contributed by atoms with van der Waals surface area (Å²) in [6.45, 7) is 4.48. The largest absolute Gasteiger partial charge is 0.461 e. The van der Waals surface area contributed by atoms with Crippen LogP contribution in [0.2, 0.25) is 0 Å². The van der Waals surface area contributed by atoms with Gasteiger partial charge in [0.15, 0.2) is 5.65 Å². The van der Waals surface area contributed by atoms with Gasteiger partial charge in [0.05, 0.1) is 23.2 Å². The van der Waals surface area contributed by atoms with Crippen molar-refractivity contribution >= 4 is 54.6 Å². The maximum absolute atomic E-state index is 13.3. The summed E-state index contributed by atoms with van der Waals surface area (Å²) < 4.78 is 35.6. The van der Waals surface area contributed by atoms with Crippen molar-refractivity contribution in [2.45, 2.75) is 31.3 Å². The monoisotopic (exact) mass is 517 g/mol. The number of hydrogen-bond acceptors (Lipinski definition) is 7. The molecule has 0 N–H and O–H groups in total. The van der Waals surface area contributed by atoms with E-state index in [4.69, 9.17) is 4.74 Å². The Morgan fingerprint density at radius 2 is 1.94 bits per heavy atom. The highest BCUT2D eigenvalue weighted by Crippen LogP contribution is 2.31. The number of ether oxygens (including phenoxy) is 1. The van der Waals surface area contributed by atoms with Crippen molar-refractivity contribution in [3.63, 3.8) is 0 Å². The molecule has 1 unspecified atom stereocenters. The molecule has 1 aliphatic heterocycles. The van der Waals surface area contributed by atoms with E-state index in [1.807, 2.05) is 16.2 Å². The molecule has 166 valence electrons. The Labute approximate surface area is 192 Å². The quantitative estimate of drug-likeness (QED) is 0.383. The fourth-order valence-electron chi connectivity index (χ4n) is 4.03. The Morgan fingerprint density at radius 1 is 1.19 bits per heavy atom. The highest BCUT2D eigenvalue weighted by molar-refractivity contribution is 9.10. The summed E-state index contributed by atoms with van der Waals surface area (Å²) in [5, 5.41) is 0. The summed E-state index contributed by atoms with van der Waals surface area (Å²) in [7, 11) is -3.82. The van der Waals surface area contributed by atoms with Crippen LogP contribution in [0.15, 0.2) is 52.2 Å². The van der Waals surface area contributed by atoms with E-state index in [-0.39, 0.29) is 17.0 Å². The predicted octanol–water partition coefficient (Wildman–Crippen LogP) is 3.13. The summed E-state index contributed by atoms with van der Waals surface area (Å²) in [5.41, 5.74) is 2.61. The van der Waals surface area contributed by atoms with Gasteiger partial charge < -0.3 is 9.64 Å². The summed E-state index contributed by atoms with van der Waals surface area (Å²) in [6.07, 6.45) is 3.60. The number of aromatic nitrogens is 4. The highest BCUT2D eigenvalue weighted by Gasteiger charge is 2.29. The van der Waals surface area contributed by atoms with Gasteiger partial charge in [0.25, 0.3) is 10.0 Å². The van der Waals surface area contributed by atoms with E-state index in [0.29, 0.717) is 46.7 Å². The van der Waals surface area contributed by atoms with Gasteiger partial charge in [-0.2, -0.15) is 0 Å². The minimum Gasteiger partial charge on any atom is -0.461 e. The standard InChI is InChI=1S/C21H20BrN5O4S/c1-13-3-5-16(6-4-13)32(29,30)26-10-8-17-20(26)23-11-18-19(22)24-21(27(17)18)25-9-7-15(12-25)31-14(2)28/h3-6,8,10-11,15H,7,9,12H2,1-2H3. The Kier molecular flexibility index (Phi) is 4.97. The number of carbonyl (C=O) groups is 1. The summed E-state index contributed by atoms with van der Waals surface area (Å²) in [5.74, 6) is 0.329. The van der Waals surface area contributed by atoms with Gasteiger partial charge in [-0.25, -0.2) is 22.4 Å². The summed E-state index contributed by atoms with van der Waals surface area (Å²) >= 11 is 3.49. The van der Waals surface area contributed by atoms with Crippen molar-refractivity contribution in [2.75, 3.05) is 18.0 Å². The van der Waals surface area contributed by atoms with Gasteiger partial charge in [-0.3, -0.25) is 9.20 Å². The molecule has 0 saturated carbocycles. The number of anilines is 1. The van der Waals surface area contributed by atoms with Crippen molar-refractivity contribution in [1.29, 1.82) is 0 Å². The molecule has 0 amide bonds. The maximum Gasteiger partial charge on any atom is 0.302 e. The van der Waals surface area contributed by atoms with Gasteiger partial charge in [-0.1, -0.05) is 17.7 Å². The van der Waals surface area contributed by atoms with Crippen molar-refractivity contribution in [1.82, 2.24) is 18.3 Å². The lowest BCUT2D eigenvalue weighted by molar-refractivity contribution is -0.145. The Hall–Kier alpha value is -2.92. The molecule has 1 aromatic carbocycles. The Bertz CT molecular complexity index is 1460. The normalized spacial score (nSPS) is 16.8. The predicted molar refractivity (Wildman–Crippen MR) is 122 cm³/mol. The number of halogens is 1. The molecule has 1 atom stereocenters. The molecule has 32 heavy (non-hydrogen) atoms. The van der Waals surface area contributed by atoms with Crippen LogP contribution in [0.1, 0.15) is 18.9 Å². The number of hydrogen-bond donors (Lipinski definition) is 0. The second-order valence-electron chi connectivity index (χ2n) is 7.79. The van der Waals surface area contributed by atoms with Crippen molar-refractivity contribution in [3.8, 4) is 0 Å². The van der Waals surface area contributed by atoms with Crippen LogP contribution in [0.5, 0.6) is 0 Å². The molecule has 1 aliphatic rings. The van der Waals surface area contributed by atoms with E-state index < -0.39 is 10.0 Å². The fraction of sp³-hybridized carbons (Fsp3) is 0.286. The van der Waals surface area contributed by atoms with Crippen molar-refractivity contribution < 1.29 is 17.9 Å². The zero-order valence-corrected chi connectivity index (χ0v) is 19.8. The number of nitrogens with zero attached hydrogens (tertiary/aromatic N) is 5. The van der Waals surface area contributed by atoms with Gasteiger partial charge in [-0.15, -0.1) is 0 Å². The number of carbonyl (C=O) groups excluding carboxylic acids is 1. The van der Waals surface area contributed by atoms with Crippen LogP contribution in [-0.2, 0) is 19.6 Å². The molecular formula is C21H20BrN5O4S. The first-order valence-corrected chi connectivity index (χ1v) is 12.3. The summed E-state index contributed by atoms with van der Waals surface area (Å²) in [4.78, 5) is 22.6. The molecule has 0 spiro atoms. The lowest BCUT2D eigenvalue weighted by atomic mass is 10.2. The SMILES string of the molecule is CC(=O)OC1CCN(c2nc(Br)c3cnc4c(ccn4S(=O)(=O)c4ccc(C)cc4)n23)C1. The van der Waals surface area contributed by atoms with E-state index in [1.165, 1.54) is 17.1 Å². The molecule has 11 heteroatoms. The maximum atomic E-state index is 13.3. The number of fused-ring (bicyclic) bond motifs is 3. The molecule has 4 aromatic rings. The first kappa shape index (κ1) is 21.0. The van der Waals surface area contributed by atoms with E-state index in [2.05, 4.69) is 25.9 Å². The first-order chi connectivity index (χ1) is 15.3. The van der Waals surface area contributed by atoms with E-state index in [1.54, 1.807) is 36.5 Å². The van der Waals surface area contributed by atoms with E-state index >= 15 is 0 Å².